The lowest BCUT2D eigenvalue weighted by Crippen LogP contribution is -1.99. The van der Waals surface area contributed by atoms with E-state index in [0.29, 0.717) is 16.6 Å². The molecule has 0 amide bonds. The summed E-state index contributed by atoms with van der Waals surface area (Å²) in [5, 5.41) is 1.32. The van der Waals surface area contributed by atoms with Gasteiger partial charge in [-0.1, -0.05) is 23.2 Å². The first-order valence-electron chi connectivity index (χ1n) is 3.29. The molecule has 0 spiro atoms. The number of halogens is 2. The smallest absolute Gasteiger partial charge is 0.0453 e. The SMILES string of the molecule is Cc1c(Cl)cc(Cl)cc1CN. The molecule has 0 aliphatic rings. The molecule has 0 saturated carbocycles. The van der Waals surface area contributed by atoms with Crippen LogP contribution in [0.5, 0.6) is 0 Å². The van der Waals surface area contributed by atoms with Gasteiger partial charge in [-0.15, -0.1) is 0 Å². The fourth-order valence-electron chi connectivity index (χ4n) is 0.911. The molecule has 0 saturated heterocycles. The number of hydrogen-bond donors (Lipinski definition) is 1. The topological polar surface area (TPSA) is 26.0 Å². The molecule has 1 aromatic carbocycles. The van der Waals surface area contributed by atoms with Crippen LogP contribution in [0.25, 0.3) is 0 Å². The third-order valence-electron chi connectivity index (χ3n) is 1.64. The van der Waals surface area contributed by atoms with Gasteiger partial charge in [0.25, 0.3) is 0 Å². The van der Waals surface area contributed by atoms with Crippen LogP contribution in [0.15, 0.2) is 12.1 Å². The molecule has 1 rings (SSSR count). The second-order valence-corrected chi connectivity index (χ2v) is 3.22. The van der Waals surface area contributed by atoms with Crippen molar-refractivity contribution < 1.29 is 0 Å². The summed E-state index contributed by atoms with van der Waals surface area (Å²) in [5.41, 5.74) is 7.49. The lowest BCUT2D eigenvalue weighted by atomic mass is 10.1. The van der Waals surface area contributed by atoms with E-state index in [-0.39, 0.29) is 0 Å². The normalized spacial score (nSPS) is 10.2. The van der Waals surface area contributed by atoms with Gasteiger partial charge in [0.1, 0.15) is 0 Å². The van der Waals surface area contributed by atoms with Gasteiger partial charge in [0.05, 0.1) is 0 Å². The van der Waals surface area contributed by atoms with E-state index in [0.717, 1.165) is 11.1 Å². The third kappa shape index (κ3) is 1.86. The first-order chi connectivity index (χ1) is 5.15. The second-order valence-electron chi connectivity index (χ2n) is 2.38. The van der Waals surface area contributed by atoms with Gasteiger partial charge in [0, 0.05) is 16.6 Å². The molecule has 0 unspecified atom stereocenters. The van der Waals surface area contributed by atoms with Gasteiger partial charge in [0.2, 0.25) is 0 Å². The first-order valence-corrected chi connectivity index (χ1v) is 4.05. The molecule has 1 aromatic rings. The molecule has 0 radical (unpaired) electrons. The maximum absolute atomic E-state index is 5.86. The molecule has 60 valence electrons. The summed E-state index contributed by atoms with van der Waals surface area (Å²) in [7, 11) is 0. The van der Waals surface area contributed by atoms with Crippen molar-refractivity contribution in [2.75, 3.05) is 0 Å². The van der Waals surface area contributed by atoms with E-state index in [1.807, 2.05) is 13.0 Å². The van der Waals surface area contributed by atoms with E-state index in [1.54, 1.807) is 6.07 Å². The molecule has 0 aromatic heterocycles. The van der Waals surface area contributed by atoms with Gasteiger partial charge in [0.15, 0.2) is 0 Å². The van der Waals surface area contributed by atoms with Gasteiger partial charge in [-0.3, -0.25) is 0 Å². The minimum absolute atomic E-state index is 0.478. The maximum atomic E-state index is 5.86. The Labute approximate surface area is 76.1 Å². The summed E-state index contributed by atoms with van der Waals surface area (Å²) in [4.78, 5) is 0. The molecule has 3 heteroatoms. The monoisotopic (exact) mass is 189 g/mol. The predicted molar refractivity (Wildman–Crippen MR) is 49.1 cm³/mol. The summed E-state index contributed by atoms with van der Waals surface area (Å²) < 4.78 is 0. The Morgan fingerprint density at radius 3 is 2.55 bits per heavy atom. The molecule has 0 fully saturated rings. The Kier molecular flexibility index (Phi) is 2.77. The average molecular weight is 190 g/mol. The minimum Gasteiger partial charge on any atom is -0.326 e. The zero-order valence-corrected chi connectivity index (χ0v) is 7.71. The fraction of sp³-hybridized carbons (Fsp3) is 0.250. The number of nitrogens with two attached hydrogens (primary N) is 1. The number of benzene rings is 1. The number of hydrogen-bond acceptors (Lipinski definition) is 1. The van der Waals surface area contributed by atoms with E-state index in [9.17, 15) is 0 Å². The highest BCUT2D eigenvalue weighted by Crippen LogP contribution is 2.23. The van der Waals surface area contributed by atoms with Gasteiger partial charge in [-0.05, 0) is 30.2 Å². The van der Waals surface area contributed by atoms with Crippen LogP contribution in [-0.2, 0) is 6.54 Å². The Hall–Kier alpha value is -0.240. The van der Waals surface area contributed by atoms with Crippen LogP contribution < -0.4 is 5.73 Å². The van der Waals surface area contributed by atoms with E-state index in [2.05, 4.69) is 0 Å². The van der Waals surface area contributed by atoms with Gasteiger partial charge in [-0.2, -0.15) is 0 Å². The van der Waals surface area contributed by atoms with Crippen LogP contribution in [0.2, 0.25) is 10.0 Å². The van der Waals surface area contributed by atoms with Crippen LogP contribution in [0.1, 0.15) is 11.1 Å². The van der Waals surface area contributed by atoms with E-state index in [4.69, 9.17) is 28.9 Å². The first kappa shape index (κ1) is 8.85. The van der Waals surface area contributed by atoms with Crippen molar-refractivity contribution in [2.24, 2.45) is 5.73 Å². The van der Waals surface area contributed by atoms with Crippen molar-refractivity contribution in [3.05, 3.63) is 33.3 Å². The van der Waals surface area contributed by atoms with Crippen molar-refractivity contribution in [3.8, 4) is 0 Å². The summed E-state index contributed by atoms with van der Waals surface area (Å²) >= 11 is 11.6. The molecule has 1 nitrogen and oxygen atoms in total. The van der Waals surface area contributed by atoms with Crippen LogP contribution in [0.3, 0.4) is 0 Å². The van der Waals surface area contributed by atoms with Crippen LogP contribution in [0.4, 0.5) is 0 Å². The summed E-state index contributed by atoms with van der Waals surface area (Å²) in [5.74, 6) is 0. The summed E-state index contributed by atoms with van der Waals surface area (Å²) in [6, 6.07) is 3.56. The molecule has 0 heterocycles. The highest BCUT2D eigenvalue weighted by molar-refractivity contribution is 6.35. The minimum atomic E-state index is 0.478. The molecule has 0 bridgehead atoms. The van der Waals surface area contributed by atoms with E-state index >= 15 is 0 Å². The van der Waals surface area contributed by atoms with Crippen LogP contribution in [-0.4, -0.2) is 0 Å². The van der Waals surface area contributed by atoms with Gasteiger partial charge in [-0.25, -0.2) is 0 Å². The zero-order chi connectivity index (χ0) is 8.43. The second kappa shape index (κ2) is 3.44. The molecule has 0 aliphatic carbocycles. The van der Waals surface area contributed by atoms with Crippen molar-refractivity contribution in [3.63, 3.8) is 0 Å². The molecular formula is C8H9Cl2N. The van der Waals surface area contributed by atoms with Crippen LogP contribution >= 0.6 is 23.2 Å². The van der Waals surface area contributed by atoms with Crippen molar-refractivity contribution in [1.29, 1.82) is 0 Å². The summed E-state index contributed by atoms with van der Waals surface area (Å²) in [6.45, 7) is 2.41. The molecule has 0 atom stereocenters. The number of rotatable bonds is 1. The van der Waals surface area contributed by atoms with Crippen molar-refractivity contribution >= 4 is 23.2 Å². The maximum Gasteiger partial charge on any atom is 0.0453 e. The van der Waals surface area contributed by atoms with Gasteiger partial charge < -0.3 is 5.73 Å². The van der Waals surface area contributed by atoms with Crippen molar-refractivity contribution in [1.82, 2.24) is 0 Å². The molecule has 2 N–H and O–H groups in total. The predicted octanol–water partition coefficient (Wildman–Crippen LogP) is 2.76. The Bertz CT molecular complexity index is 271. The molecular weight excluding hydrogens is 181 g/mol. The third-order valence-corrected chi connectivity index (χ3v) is 2.25. The van der Waals surface area contributed by atoms with Gasteiger partial charge >= 0.3 is 0 Å². The Morgan fingerprint density at radius 2 is 2.00 bits per heavy atom. The highest BCUT2D eigenvalue weighted by atomic mass is 35.5. The Balaban J connectivity index is 3.24. The van der Waals surface area contributed by atoms with Crippen LogP contribution in [0, 0.1) is 6.92 Å². The highest BCUT2D eigenvalue weighted by Gasteiger charge is 2.02. The lowest BCUT2D eigenvalue weighted by Gasteiger charge is -2.04. The quantitative estimate of drug-likeness (QED) is 0.723. The summed E-state index contributed by atoms with van der Waals surface area (Å²) in [6.07, 6.45) is 0. The zero-order valence-electron chi connectivity index (χ0n) is 6.20. The largest absolute Gasteiger partial charge is 0.326 e. The van der Waals surface area contributed by atoms with Crippen molar-refractivity contribution in [2.45, 2.75) is 13.5 Å². The molecule has 11 heavy (non-hydrogen) atoms. The lowest BCUT2D eigenvalue weighted by molar-refractivity contribution is 1.05. The Morgan fingerprint density at radius 1 is 1.36 bits per heavy atom. The fourth-order valence-corrected chi connectivity index (χ4v) is 1.45. The average Bonchev–Trinajstić information content (AvgIpc) is 1.96. The molecule has 0 aliphatic heterocycles. The van der Waals surface area contributed by atoms with E-state index in [1.165, 1.54) is 0 Å². The standard InChI is InChI=1S/C8H9Cl2N/c1-5-6(4-11)2-7(9)3-8(5)10/h2-3H,4,11H2,1H3. The van der Waals surface area contributed by atoms with E-state index < -0.39 is 0 Å².